The summed E-state index contributed by atoms with van der Waals surface area (Å²) in [6, 6.07) is 6.95. The molecule has 1 saturated heterocycles. The molecule has 1 aliphatic heterocycles. The van der Waals surface area contributed by atoms with Crippen LogP contribution in [-0.4, -0.2) is 60.3 Å². The SMILES string of the molecule is COCC(=O)N1CCC[C@H]1C(=O)Nc1nnc(-c2ccc(OC)cc2)s1. The van der Waals surface area contributed by atoms with Crippen LogP contribution in [0.15, 0.2) is 24.3 Å². The number of methoxy groups -OCH3 is 2. The van der Waals surface area contributed by atoms with E-state index in [1.807, 2.05) is 24.3 Å². The monoisotopic (exact) mass is 376 g/mol. The molecule has 0 radical (unpaired) electrons. The Kier molecular flexibility index (Phi) is 5.79. The molecule has 1 N–H and O–H groups in total. The summed E-state index contributed by atoms with van der Waals surface area (Å²) in [6.07, 6.45) is 1.42. The Hall–Kier alpha value is -2.52. The number of benzene rings is 1. The van der Waals surface area contributed by atoms with Gasteiger partial charge in [-0.3, -0.25) is 14.9 Å². The van der Waals surface area contributed by atoms with E-state index in [1.54, 1.807) is 12.0 Å². The molecule has 1 fully saturated rings. The fourth-order valence-corrected chi connectivity index (χ4v) is 3.61. The Balaban J connectivity index is 1.66. The number of aromatic nitrogens is 2. The van der Waals surface area contributed by atoms with Gasteiger partial charge in [-0.2, -0.15) is 0 Å². The summed E-state index contributed by atoms with van der Waals surface area (Å²) in [5.41, 5.74) is 0.890. The lowest BCUT2D eigenvalue weighted by Crippen LogP contribution is -2.44. The molecular formula is C17H20N4O4S. The number of amides is 2. The molecular weight excluding hydrogens is 356 g/mol. The van der Waals surface area contributed by atoms with E-state index in [9.17, 15) is 9.59 Å². The summed E-state index contributed by atoms with van der Waals surface area (Å²) in [5.74, 6) is 0.333. The molecule has 2 amide bonds. The molecule has 1 aromatic heterocycles. The smallest absolute Gasteiger partial charge is 0.249 e. The van der Waals surface area contributed by atoms with E-state index in [0.29, 0.717) is 23.1 Å². The average Bonchev–Trinajstić information content (AvgIpc) is 3.31. The first-order chi connectivity index (χ1) is 12.6. The highest BCUT2D eigenvalue weighted by molar-refractivity contribution is 7.18. The summed E-state index contributed by atoms with van der Waals surface area (Å²) in [4.78, 5) is 26.1. The van der Waals surface area contributed by atoms with Crippen LogP contribution >= 0.6 is 11.3 Å². The molecule has 1 aromatic carbocycles. The third kappa shape index (κ3) is 4.00. The number of ether oxygens (including phenoxy) is 2. The molecule has 0 unspecified atom stereocenters. The summed E-state index contributed by atoms with van der Waals surface area (Å²) in [5, 5.41) is 12.0. The van der Waals surface area contributed by atoms with Gasteiger partial charge >= 0.3 is 0 Å². The van der Waals surface area contributed by atoms with Crippen LogP contribution in [0.2, 0.25) is 0 Å². The van der Waals surface area contributed by atoms with Gasteiger partial charge in [0.25, 0.3) is 0 Å². The number of rotatable bonds is 6. The number of nitrogens with one attached hydrogen (secondary N) is 1. The van der Waals surface area contributed by atoms with Crippen molar-refractivity contribution in [3.05, 3.63) is 24.3 Å². The Labute approximate surface area is 155 Å². The highest BCUT2D eigenvalue weighted by atomic mass is 32.1. The molecule has 138 valence electrons. The number of carbonyl (C=O) groups excluding carboxylic acids is 2. The largest absolute Gasteiger partial charge is 0.497 e. The predicted octanol–water partition coefficient (Wildman–Crippen LogP) is 1.79. The lowest BCUT2D eigenvalue weighted by atomic mass is 10.2. The van der Waals surface area contributed by atoms with Gasteiger partial charge in [0.2, 0.25) is 16.9 Å². The van der Waals surface area contributed by atoms with Crippen molar-refractivity contribution in [2.24, 2.45) is 0 Å². The predicted molar refractivity (Wildman–Crippen MR) is 97.1 cm³/mol. The van der Waals surface area contributed by atoms with Gasteiger partial charge in [0, 0.05) is 19.2 Å². The van der Waals surface area contributed by atoms with Crippen LogP contribution in [0.5, 0.6) is 5.75 Å². The van der Waals surface area contributed by atoms with Gasteiger partial charge in [-0.15, -0.1) is 10.2 Å². The molecule has 2 aromatic rings. The fourth-order valence-electron chi connectivity index (χ4n) is 2.86. The highest BCUT2D eigenvalue weighted by Crippen LogP contribution is 2.28. The third-order valence-corrected chi connectivity index (χ3v) is 5.02. The van der Waals surface area contributed by atoms with Crippen LogP contribution < -0.4 is 10.1 Å². The van der Waals surface area contributed by atoms with Gasteiger partial charge in [-0.05, 0) is 37.1 Å². The molecule has 2 heterocycles. The second-order valence-corrected chi connectivity index (χ2v) is 6.79. The first kappa shape index (κ1) is 18.3. The lowest BCUT2D eigenvalue weighted by molar-refractivity contribution is -0.139. The average molecular weight is 376 g/mol. The molecule has 1 aliphatic rings. The van der Waals surface area contributed by atoms with E-state index in [4.69, 9.17) is 9.47 Å². The van der Waals surface area contributed by atoms with E-state index in [0.717, 1.165) is 17.7 Å². The van der Waals surface area contributed by atoms with Crippen molar-refractivity contribution in [2.75, 3.05) is 32.7 Å². The molecule has 0 spiro atoms. The van der Waals surface area contributed by atoms with E-state index >= 15 is 0 Å². The zero-order chi connectivity index (χ0) is 18.5. The quantitative estimate of drug-likeness (QED) is 0.826. The van der Waals surface area contributed by atoms with Crippen molar-refractivity contribution in [1.29, 1.82) is 0 Å². The zero-order valence-corrected chi connectivity index (χ0v) is 15.4. The maximum atomic E-state index is 12.5. The van der Waals surface area contributed by atoms with Crippen LogP contribution in [0, 0.1) is 0 Å². The van der Waals surface area contributed by atoms with Gasteiger partial charge in [-0.1, -0.05) is 11.3 Å². The van der Waals surface area contributed by atoms with Crippen molar-refractivity contribution < 1.29 is 19.1 Å². The highest BCUT2D eigenvalue weighted by Gasteiger charge is 2.34. The number of anilines is 1. The topological polar surface area (TPSA) is 93.7 Å². The Bertz CT molecular complexity index is 777. The van der Waals surface area contributed by atoms with Crippen molar-refractivity contribution >= 4 is 28.3 Å². The van der Waals surface area contributed by atoms with Gasteiger partial charge in [0.1, 0.15) is 23.4 Å². The number of carbonyl (C=O) groups is 2. The number of hydrogen-bond acceptors (Lipinski definition) is 7. The van der Waals surface area contributed by atoms with Crippen molar-refractivity contribution in [2.45, 2.75) is 18.9 Å². The zero-order valence-electron chi connectivity index (χ0n) is 14.6. The van der Waals surface area contributed by atoms with E-state index in [2.05, 4.69) is 15.5 Å². The third-order valence-electron chi connectivity index (χ3n) is 4.14. The molecule has 0 bridgehead atoms. The van der Waals surface area contributed by atoms with Crippen LogP contribution in [-0.2, 0) is 14.3 Å². The van der Waals surface area contributed by atoms with Crippen LogP contribution in [0.3, 0.4) is 0 Å². The van der Waals surface area contributed by atoms with Crippen molar-refractivity contribution in [1.82, 2.24) is 15.1 Å². The fraction of sp³-hybridized carbons (Fsp3) is 0.412. The first-order valence-corrected chi connectivity index (χ1v) is 9.01. The van der Waals surface area contributed by atoms with Crippen LogP contribution in [0.25, 0.3) is 10.6 Å². The summed E-state index contributed by atoms with van der Waals surface area (Å²) in [6.45, 7) is 0.539. The maximum Gasteiger partial charge on any atom is 0.249 e. The van der Waals surface area contributed by atoms with Crippen LogP contribution in [0.4, 0.5) is 5.13 Å². The lowest BCUT2D eigenvalue weighted by Gasteiger charge is -2.23. The molecule has 1 atom stereocenters. The minimum Gasteiger partial charge on any atom is -0.497 e. The van der Waals surface area contributed by atoms with Crippen LogP contribution in [0.1, 0.15) is 12.8 Å². The Morgan fingerprint density at radius 1 is 1.27 bits per heavy atom. The summed E-state index contributed by atoms with van der Waals surface area (Å²) >= 11 is 1.28. The standard InChI is InChI=1S/C17H20N4O4S/c1-24-10-14(22)21-9-3-4-13(21)15(23)18-17-20-19-16(26-17)11-5-7-12(25-2)8-6-11/h5-8,13H,3-4,9-10H2,1-2H3,(H,18,20,23)/t13-/m0/s1. The molecule has 26 heavy (non-hydrogen) atoms. The second kappa shape index (κ2) is 8.24. The first-order valence-electron chi connectivity index (χ1n) is 8.19. The number of hydrogen-bond donors (Lipinski definition) is 1. The molecule has 9 heteroatoms. The summed E-state index contributed by atoms with van der Waals surface area (Å²) in [7, 11) is 3.07. The van der Waals surface area contributed by atoms with E-state index in [-0.39, 0.29) is 18.4 Å². The molecule has 0 saturated carbocycles. The normalized spacial score (nSPS) is 16.5. The van der Waals surface area contributed by atoms with Gasteiger partial charge in [0.15, 0.2) is 0 Å². The maximum absolute atomic E-state index is 12.5. The minimum atomic E-state index is -0.494. The van der Waals surface area contributed by atoms with E-state index in [1.165, 1.54) is 18.4 Å². The molecule has 3 rings (SSSR count). The Morgan fingerprint density at radius 2 is 2.04 bits per heavy atom. The van der Waals surface area contributed by atoms with E-state index < -0.39 is 6.04 Å². The molecule has 0 aliphatic carbocycles. The minimum absolute atomic E-state index is 0.0236. The summed E-state index contributed by atoms with van der Waals surface area (Å²) < 4.78 is 10.0. The second-order valence-electron chi connectivity index (χ2n) is 5.81. The van der Waals surface area contributed by atoms with Crippen molar-refractivity contribution in [3.8, 4) is 16.3 Å². The molecule has 8 nitrogen and oxygen atoms in total. The van der Waals surface area contributed by atoms with Gasteiger partial charge in [0.05, 0.1) is 7.11 Å². The number of likely N-dealkylation sites (tertiary alicyclic amines) is 1. The van der Waals surface area contributed by atoms with Crippen molar-refractivity contribution in [3.63, 3.8) is 0 Å². The number of nitrogens with zero attached hydrogens (tertiary/aromatic N) is 3. The Morgan fingerprint density at radius 3 is 2.73 bits per heavy atom. The van der Waals surface area contributed by atoms with Gasteiger partial charge < -0.3 is 14.4 Å². The van der Waals surface area contributed by atoms with Gasteiger partial charge in [-0.25, -0.2) is 0 Å².